The average molecular weight is 347 g/mol. The number of aliphatic hydroxyl groups is 1. The zero-order valence-electron chi connectivity index (χ0n) is 13.1. The summed E-state index contributed by atoms with van der Waals surface area (Å²) >= 11 is 0. The third-order valence-electron chi connectivity index (χ3n) is 3.08. The number of ether oxygens (including phenoxy) is 1. The third kappa shape index (κ3) is 4.47. The van der Waals surface area contributed by atoms with E-state index < -0.39 is 10.1 Å². The maximum Gasteiger partial charge on any atom is 0.340 e. The van der Waals surface area contributed by atoms with Crippen molar-refractivity contribution in [2.45, 2.75) is 18.2 Å². The zero-order valence-corrected chi connectivity index (χ0v) is 13.9. The Balaban J connectivity index is 2.28. The van der Waals surface area contributed by atoms with Crippen LogP contribution in [0.15, 0.2) is 47.4 Å². The quantitative estimate of drug-likeness (QED) is 0.610. The number of benzene rings is 2. The lowest BCUT2D eigenvalue weighted by Crippen LogP contribution is -2.11. The van der Waals surface area contributed by atoms with Crippen molar-refractivity contribution in [2.24, 2.45) is 0 Å². The normalized spacial score (nSPS) is 10.9. The van der Waals surface area contributed by atoms with Gasteiger partial charge in [0, 0.05) is 19.1 Å². The smallest absolute Gasteiger partial charge is 0.340 e. The SMILES string of the molecule is Cc1cc(OCCCO)cc(OS(=O)(=O)c2ccccc2C#N)c1. The first-order valence-electron chi connectivity index (χ1n) is 7.25. The van der Waals surface area contributed by atoms with E-state index in [0.717, 1.165) is 5.56 Å². The highest BCUT2D eigenvalue weighted by atomic mass is 32.2. The molecule has 0 heterocycles. The summed E-state index contributed by atoms with van der Waals surface area (Å²) in [7, 11) is -4.13. The molecule has 24 heavy (non-hydrogen) atoms. The van der Waals surface area contributed by atoms with E-state index in [1.807, 2.05) is 6.07 Å². The summed E-state index contributed by atoms with van der Waals surface area (Å²) in [4.78, 5) is -0.184. The summed E-state index contributed by atoms with van der Waals surface area (Å²) in [5.74, 6) is 0.545. The van der Waals surface area contributed by atoms with Crippen molar-refractivity contribution in [3.05, 3.63) is 53.6 Å². The van der Waals surface area contributed by atoms with Gasteiger partial charge >= 0.3 is 10.1 Å². The average Bonchev–Trinajstić information content (AvgIpc) is 2.54. The highest BCUT2D eigenvalue weighted by molar-refractivity contribution is 7.87. The summed E-state index contributed by atoms with van der Waals surface area (Å²) in [5, 5.41) is 17.8. The van der Waals surface area contributed by atoms with Gasteiger partial charge in [-0.05, 0) is 36.8 Å². The monoisotopic (exact) mass is 347 g/mol. The van der Waals surface area contributed by atoms with Crippen LogP contribution in [0.4, 0.5) is 0 Å². The van der Waals surface area contributed by atoms with E-state index in [9.17, 15) is 8.42 Å². The van der Waals surface area contributed by atoms with E-state index in [1.54, 1.807) is 25.1 Å². The molecule has 0 radical (unpaired) electrons. The largest absolute Gasteiger partial charge is 0.493 e. The highest BCUT2D eigenvalue weighted by Crippen LogP contribution is 2.26. The molecule has 2 aromatic carbocycles. The molecule has 1 N–H and O–H groups in total. The van der Waals surface area contributed by atoms with Gasteiger partial charge in [-0.1, -0.05) is 12.1 Å². The van der Waals surface area contributed by atoms with E-state index >= 15 is 0 Å². The summed E-state index contributed by atoms with van der Waals surface area (Å²) in [6.07, 6.45) is 0.470. The van der Waals surface area contributed by atoms with E-state index in [-0.39, 0.29) is 22.8 Å². The second-order valence-corrected chi connectivity index (χ2v) is 6.57. The van der Waals surface area contributed by atoms with Crippen LogP contribution in [-0.4, -0.2) is 26.7 Å². The molecule has 0 spiro atoms. The minimum Gasteiger partial charge on any atom is -0.493 e. The van der Waals surface area contributed by atoms with Crippen LogP contribution >= 0.6 is 0 Å². The van der Waals surface area contributed by atoms with Gasteiger partial charge in [-0.2, -0.15) is 13.7 Å². The van der Waals surface area contributed by atoms with Gasteiger partial charge in [0.15, 0.2) is 0 Å². The first-order chi connectivity index (χ1) is 11.5. The third-order valence-corrected chi connectivity index (χ3v) is 4.38. The molecule has 7 heteroatoms. The lowest BCUT2D eigenvalue weighted by Gasteiger charge is -2.11. The van der Waals surface area contributed by atoms with E-state index in [0.29, 0.717) is 18.8 Å². The maximum atomic E-state index is 12.4. The summed E-state index contributed by atoms with van der Waals surface area (Å²) in [5.41, 5.74) is 0.778. The zero-order chi connectivity index (χ0) is 17.6. The molecule has 0 aromatic heterocycles. The predicted octanol–water partition coefficient (Wildman–Crippen LogP) is 2.40. The second kappa shape index (κ2) is 7.81. The Kier molecular flexibility index (Phi) is 5.79. The van der Waals surface area contributed by atoms with Gasteiger partial charge in [0.05, 0.1) is 12.2 Å². The van der Waals surface area contributed by atoms with E-state index in [2.05, 4.69) is 0 Å². The molecule has 0 aliphatic carbocycles. The van der Waals surface area contributed by atoms with Gasteiger partial charge in [-0.15, -0.1) is 0 Å². The molecule has 6 nitrogen and oxygen atoms in total. The van der Waals surface area contributed by atoms with Gasteiger partial charge in [0.25, 0.3) is 0 Å². The Morgan fingerprint density at radius 3 is 2.58 bits per heavy atom. The summed E-state index contributed by atoms with van der Waals surface area (Å²) in [6, 6.07) is 12.4. The highest BCUT2D eigenvalue weighted by Gasteiger charge is 2.21. The molecule has 0 saturated carbocycles. The number of aryl methyl sites for hydroxylation is 1. The minimum atomic E-state index is -4.13. The maximum absolute atomic E-state index is 12.4. The fourth-order valence-electron chi connectivity index (χ4n) is 2.05. The molecule has 126 valence electrons. The van der Waals surface area contributed by atoms with Gasteiger partial charge in [-0.3, -0.25) is 0 Å². The number of nitriles is 1. The van der Waals surface area contributed by atoms with Crippen LogP contribution in [0.3, 0.4) is 0 Å². The van der Waals surface area contributed by atoms with E-state index in [4.69, 9.17) is 19.3 Å². The molecule has 0 fully saturated rings. The molecular formula is C17H17NO5S. The molecule has 0 atom stereocenters. The van der Waals surface area contributed by atoms with Gasteiger partial charge in [-0.25, -0.2) is 0 Å². The molecule has 0 bridgehead atoms. The number of nitrogens with zero attached hydrogens (tertiary/aromatic N) is 1. The Hall–Kier alpha value is -2.56. The fourth-order valence-corrected chi connectivity index (χ4v) is 3.12. The minimum absolute atomic E-state index is 0.00843. The van der Waals surface area contributed by atoms with Gasteiger partial charge in [0.1, 0.15) is 22.5 Å². The van der Waals surface area contributed by atoms with Crippen LogP contribution in [0.25, 0.3) is 0 Å². The first-order valence-corrected chi connectivity index (χ1v) is 8.66. The van der Waals surface area contributed by atoms with Crippen molar-refractivity contribution in [1.29, 1.82) is 5.26 Å². The number of hydrogen-bond donors (Lipinski definition) is 1. The Bertz CT molecular complexity index is 856. The first kappa shape index (κ1) is 17.8. The second-order valence-electron chi connectivity index (χ2n) is 5.05. The van der Waals surface area contributed by atoms with Crippen LogP contribution in [0, 0.1) is 18.3 Å². The van der Waals surface area contributed by atoms with Crippen molar-refractivity contribution in [1.82, 2.24) is 0 Å². The van der Waals surface area contributed by atoms with Crippen LogP contribution < -0.4 is 8.92 Å². The van der Waals surface area contributed by atoms with Crippen LogP contribution in [0.2, 0.25) is 0 Å². The van der Waals surface area contributed by atoms with Crippen molar-refractivity contribution in [3.8, 4) is 17.6 Å². The molecule has 0 aliphatic rings. The number of aliphatic hydroxyl groups excluding tert-OH is 1. The Morgan fingerprint density at radius 1 is 1.17 bits per heavy atom. The number of hydrogen-bond acceptors (Lipinski definition) is 6. The van der Waals surface area contributed by atoms with Crippen LogP contribution in [0.1, 0.15) is 17.5 Å². The standard InChI is InChI=1S/C17H17NO5S/c1-13-9-15(22-8-4-7-19)11-16(10-13)23-24(20,21)17-6-3-2-5-14(17)12-18/h2-3,5-6,9-11,19H,4,7-8H2,1H3. The van der Waals surface area contributed by atoms with E-state index in [1.165, 1.54) is 24.3 Å². The molecule has 0 saturated heterocycles. The number of rotatable bonds is 7. The molecule has 0 unspecified atom stereocenters. The van der Waals surface area contributed by atoms with Crippen molar-refractivity contribution < 1.29 is 22.4 Å². The molecule has 2 rings (SSSR count). The summed E-state index contributed by atoms with van der Waals surface area (Å²) in [6.45, 7) is 2.10. The predicted molar refractivity (Wildman–Crippen MR) is 87.3 cm³/mol. The van der Waals surface area contributed by atoms with Gasteiger partial charge < -0.3 is 14.0 Å². The lowest BCUT2D eigenvalue weighted by atomic mass is 10.2. The lowest BCUT2D eigenvalue weighted by molar-refractivity contribution is 0.233. The molecule has 0 amide bonds. The summed E-state index contributed by atoms with van der Waals surface area (Å²) < 4.78 is 35.4. The molecule has 2 aromatic rings. The molecular weight excluding hydrogens is 330 g/mol. The van der Waals surface area contributed by atoms with Crippen molar-refractivity contribution >= 4 is 10.1 Å². The fraction of sp³-hybridized carbons (Fsp3) is 0.235. The van der Waals surface area contributed by atoms with Gasteiger partial charge in [0.2, 0.25) is 0 Å². The van der Waals surface area contributed by atoms with Crippen molar-refractivity contribution in [2.75, 3.05) is 13.2 Å². The molecule has 0 aliphatic heterocycles. The Labute approximate surface area is 141 Å². The van der Waals surface area contributed by atoms with Crippen LogP contribution in [0.5, 0.6) is 11.5 Å². The van der Waals surface area contributed by atoms with Crippen LogP contribution in [-0.2, 0) is 10.1 Å². The topological polar surface area (TPSA) is 96.6 Å². The van der Waals surface area contributed by atoms with Crippen molar-refractivity contribution in [3.63, 3.8) is 0 Å². The Morgan fingerprint density at radius 2 is 1.88 bits per heavy atom.